The number of H-pyrrole nitrogens is 1. The maximum absolute atomic E-state index is 12.6. The highest BCUT2D eigenvalue weighted by molar-refractivity contribution is 7.91. The van der Waals surface area contributed by atoms with Gasteiger partial charge >= 0.3 is 0 Å². The van der Waals surface area contributed by atoms with E-state index in [2.05, 4.69) is 22.9 Å². The molecule has 0 unspecified atom stereocenters. The quantitative estimate of drug-likeness (QED) is 0.264. The fraction of sp³-hybridized carbons (Fsp3) is 0.379. The van der Waals surface area contributed by atoms with Gasteiger partial charge in [0.1, 0.15) is 5.65 Å². The fourth-order valence-corrected chi connectivity index (χ4v) is 6.00. The van der Waals surface area contributed by atoms with Crippen molar-refractivity contribution in [3.8, 4) is 11.1 Å². The minimum absolute atomic E-state index is 0.00128. The molecule has 202 valence electrons. The number of hydrogen-bond donors (Lipinski definition) is 3. The summed E-state index contributed by atoms with van der Waals surface area (Å²) in [6.07, 6.45) is 1.72. The second-order valence-electron chi connectivity index (χ2n) is 9.68. The van der Waals surface area contributed by atoms with E-state index in [0.717, 1.165) is 64.6 Å². The van der Waals surface area contributed by atoms with Crippen molar-refractivity contribution in [2.45, 2.75) is 45.4 Å². The van der Waals surface area contributed by atoms with Crippen LogP contribution in [0, 0.1) is 13.8 Å². The smallest absolute Gasteiger partial charge is 0.249 e. The van der Waals surface area contributed by atoms with Gasteiger partial charge in [0, 0.05) is 28.6 Å². The van der Waals surface area contributed by atoms with Gasteiger partial charge in [-0.3, -0.25) is 4.79 Å². The molecule has 0 spiro atoms. The highest BCUT2D eigenvalue weighted by Crippen LogP contribution is 2.38. The van der Waals surface area contributed by atoms with Gasteiger partial charge in [0.05, 0.1) is 22.8 Å². The van der Waals surface area contributed by atoms with Crippen molar-refractivity contribution in [2.24, 2.45) is 5.73 Å². The molecule has 2 aromatic carbocycles. The number of aliphatic hydroxyl groups is 1. The van der Waals surface area contributed by atoms with Crippen LogP contribution in [0.1, 0.15) is 47.4 Å². The van der Waals surface area contributed by atoms with Crippen LogP contribution in [0.3, 0.4) is 0 Å². The lowest BCUT2D eigenvalue weighted by Crippen LogP contribution is -2.28. The number of primary amides is 1. The van der Waals surface area contributed by atoms with Crippen LogP contribution < -0.4 is 5.73 Å². The Bertz CT molecular complexity index is 1610. The van der Waals surface area contributed by atoms with E-state index in [1.165, 1.54) is 0 Å². The largest absolute Gasteiger partial charge is 0.395 e. The van der Waals surface area contributed by atoms with Crippen LogP contribution in [0.25, 0.3) is 33.1 Å². The molecule has 8 nitrogen and oxygen atoms in total. The number of aromatic amines is 1. The van der Waals surface area contributed by atoms with E-state index in [1.54, 1.807) is 31.2 Å². The van der Waals surface area contributed by atoms with Gasteiger partial charge in [-0.1, -0.05) is 26.0 Å². The van der Waals surface area contributed by atoms with Gasteiger partial charge in [0.2, 0.25) is 5.91 Å². The molecular weight excluding hydrogens is 500 g/mol. The summed E-state index contributed by atoms with van der Waals surface area (Å²) in [6.45, 7) is 10.2. The van der Waals surface area contributed by atoms with E-state index in [-0.39, 0.29) is 17.3 Å². The van der Waals surface area contributed by atoms with E-state index >= 15 is 0 Å². The molecule has 2 heterocycles. The van der Waals surface area contributed by atoms with E-state index in [9.17, 15) is 18.3 Å². The molecule has 0 radical (unpaired) electrons. The molecular formula is C29H36N4O4S. The lowest BCUT2D eigenvalue weighted by Gasteiger charge is -2.18. The first-order valence-corrected chi connectivity index (χ1v) is 14.7. The number of fused-ring (bicyclic) bond motifs is 3. The van der Waals surface area contributed by atoms with Gasteiger partial charge in [0.15, 0.2) is 9.84 Å². The summed E-state index contributed by atoms with van der Waals surface area (Å²) in [5.74, 6) is -0.545. The molecule has 0 saturated heterocycles. The number of hydrogen-bond acceptors (Lipinski definition) is 6. The van der Waals surface area contributed by atoms with E-state index in [4.69, 9.17) is 10.7 Å². The van der Waals surface area contributed by atoms with Gasteiger partial charge in [-0.2, -0.15) is 0 Å². The molecule has 4 rings (SSSR count). The summed E-state index contributed by atoms with van der Waals surface area (Å²) >= 11 is 0. The van der Waals surface area contributed by atoms with E-state index < -0.39 is 15.7 Å². The maximum Gasteiger partial charge on any atom is 0.249 e. The Morgan fingerprint density at radius 1 is 1.13 bits per heavy atom. The standard InChI is InChI=1S/C29H36N4O4S/c1-5-33(13-14-34)12-8-11-25-18(3)15-24-26-23(20-9-7-10-21(16-20)38(36,37)6-2)17-22(28(30)35)19(4)27(26)32-29(24)31-25/h7,9-10,15-17,34H,5-6,8,11-14H2,1-4H3,(H2,30,35)(H,31,32). The Balaban J connectivity index is 1.87. The van der Waals surface area contributed by atoms with Crippen LogP contribution in [0.4, 0.5) is 0 Å². The number of pyridine rings is 1. The summed E-state index contributed by atoms with van der Waals surface area (Å²) < 4.78 is 25.2. The van der Waals surface area contributed by atoms with Crippen molar-refractivity contribution in [1.82, 2.24) is 14.9 Å². The first kappa shape index (κ1) is 27.8. The number of aromatic nitrogens is 2. The Morgan fingerprint density at radius 2 is 1.89 bits per heavy atom. The second-order valence-corrected chi connectivity index (χ2v) is 12.0. The number of sulfone groups is 1. The van der Waals surface area contributed by atoms with Crippen molar-refractivity contribution in [2.75, 3.05) is 32.0 Å². The SMILES string of the molecule is CCN(CCO)CCCc1nc2[nH]c3c(C)c(C(N)=O)cc(-c4cccc(S(=O)(=O)CC)c4)c3c2cc1C. The highest BCUT2D eigenvalue weighted by atomic mass is 32.2. The Hall–Kier alpha value is -3.27. The van der Waals surface area contributed by atoms with Gasteiger partial charge in [-0.05, 0) is 86.3 Å². The summed E-state index contributed by atoms with van der Waals surface area (Å²) in [5.41, 5.74) is 11.8. The minimum atomic E-state index is -3.41. The van der Waals surface area contributed by atoms with Crippen molar-refractivity contribution < 1.29 is 18.3 Å². The number of nitrogens with zero attached hydrogens (tertiary/aromatic N) is 2. The number of amides is 1. The third-order valence-corrected chi connectivity index (χ3v) is 9.05. The first-order valence-electron chi connectivity index (χ1n) is 13.0. The zero-order valence-electron chi connectivity index (χ0n) is 22.5. The Labute approximate surface area is 223 Å². The number of nitrogens with one attached hydrogen (secondary N) is 1. The molecule has 0 atom stereocenters. The summed E-state index contributed by atoms with van der Waals surface area (Å²) in [5, 5.41) is 11.0. The van der Waals surface area contributed by atoms with Crippen LogP contribution in [0.5, 0.6) is 0 Å². The van der Waals surface area contributed by atoms with Crippen molar-refractivity contribution in [3.05, 3.63) is 58.8 Å². The maximum atomic E-state index is 12.6. The van der Waals surface area contributed by atoms with E-state index in [1.807, 2.05) is 19.9 Å². The minimum Gasteiger partial charge on any atom is -0.395 e. The zero-order valence-corrected chi connectivity index (χ0v) is 23.3. The Morgan fingerprint density at radius 3 is 2.55 bits per heavy atom. The van der Waals surface area contributed by atoms with Crippen LogP contribution >= 0.6 is 0 Å². The van der Waals surface area contributed by atoms with Crippen molar-refractivity contribution in [1.29, 1.82) is 0 Å². The zero-order chi connectivity index (χ0) is 27.6. The lowest BCUT2D eigenvalue weighted by molar-refractivity contribution is 0.1000. The molecule has 0 saturated carbocycles. The molecule has 0 aliphatic heterocycles. The molecule has 4 aromatic rings. The van der Waals surface area contributed by atoms with Gasteiger partial charge in [-0.15, -0.1) is 0 Å². The lowest BCUT2D eigenvalue weighted by atomic mass is 9.93. The number of benzene rings is 2. The van der Waals surface area contributed by atoms with Gasteiger partial charge in [-0.25, -0.2) is 13.4 Å². The number of likely N-dealkylation sites (N-methyl/N-ethyl adjacent to an activating group) is 1. The molecule has 0 aliphatic carbocycles. The topological polar surface area (TPSA) is 129 Å². The van der Waals surface area contributed by atoms with Gasteiger partial charge in [0.25, 0.3) is 0 Å². The highest BCUT2D eigenvalue weighted by Gasteiger charge is 2.21. The summed E-state index contributed by atoms with van der Waals surface area (Å²) in [7, 11) is -3.41. The van der Waals surface area contributed by atoms with Crippen molar-refractivity contribution >= 4 is 37.7 Å². The van der Waals surface area contributed by atoms with Crippen LogP contribution in [-0.2, 0) is 16.3 Å². The van der Waals surface area contributed by atoms with E-state index in [0.29, 0.717) is 23.3 Å². The number of aliphatic hydroxyl groups excluding tert-OH is 1. The molecule has 0 bridgehead atoms. The normalized spacial score (nSPS) is 12.2. The fourth-order valence-electron chi connectivity index (χ4n) is 5.07. The molecule has 0 fully saturated rings. The first-order chi connectivity index (χ1) is 18.1. The average molecular weight is 537 g/mol. The third-order valence-electron chi connectivity index (χ3n) is 7.32. The third kappa shape index (κ3) is 5.32. The number of aryl methyl sites for hydroxylation is 3. The summed E-state index contributed by atoms with van der Waals surface area (Å²) in [4.78, 5) is 23.2. The number of rotatable bonds is 11. The molecule has 1 amide bonds. The monoisotopic (exact) mass is 536 g/mol. The van der Waals surface area contributed by atoms with Crippen molar-refractivity contribution in [3.63, 3.8) is 0 Å². The van der Waals surface area contributed by atoms with Crippen LogP contribution in [0.2, 0.25) is 0 Å². The molecule has 0 aliphatic rings. The second kappa shape index (κ2) is 11.2. The predicted molar refractivity (Wildman–Crippen MR) is 152 cm³/mol. The Kier molecular flexibility index (Phi) is 8.20. The molecule has 38 heavy (non-hydrogen) atoms. The molecule has 2 aromatic heterocycles. The average Bonchev–Trinajstić information content (AvgIpc) is 3.27. The van der Waals surface area contributed by atoms with Crippen LogP contribution in [-0.4, -0.2) is 66.3 Å². The number of carbonyl (C=O) groups is 1. The number of carbonyl (C=O) groups excluding carboxylic acids is 1. The van der Waals surface area contributed by atoms with Gasteiger partial charge < -0.3 is 20.7 Å². The predicted octanol–water partition coefficient (Wildman–Crippen LogP) is 4.14. The van der Waals surface area contributed by atoms with Crippen LogP contribution in [0.15, 0.2) is 41.3 Å². The number of nitrogens with two attached hydrogens (primary N) is 1. The summed E-state index contributed by atoms with van der Waals surface area (Å²) in [6, 6.07) is 10.7. The molecule has 9 heteroatoms. The molecule has 4 N–H and O–H groups in total.